The second kappa shape index (κ2) is 6.43. The maximum atomic E-state index is 12.2. The van der Waals surface area contributed by atoms with Crippen LogP contribution in [-0.2, 0) is 17.8 Å². The number of amides is 1. The van der Waals surface area contributed by atoms with E-state index in [0.29, 0.717) is 13.1 Å². The maximum absolute atomic E-state index is 12.2. The van der Waals surface area contributed by atoms with E-state index in [1.54, 1.807) is 12.0 Å². The van der Waals surface area contributed by atoms with Crippen molar-refractivity contribution in [2.45, 2.75) is 52.4 Å². The molecule has 6 heteroatoms. The van der Waals surface area contributed by atoms with Crippen molar-refractivity contribution in [1.82, 2.24) is 14.7 Å². The van der Waals surface area contributed by atoms with E-state index in [4.69, 9.17) is 9.47 Å². The first-order valence-electron chi connectivity index (χ1n) is 8.45. The molecular formula is C19H25N3O3. The molecule has 1 atom stereocenters. The summed E-state index contributed by atoms with van der Waals surface area (Å²) in [6.07, 6.45) is 1.72. The van der Waals surface area contributed by atoms with Crippen molar-refractivity contribution >= 4 is 6.09 Å². The molecule has 0 aliphatic carbocycles. The van der Waals surface area contributed by atoms with E-state index in [0.717, 1.165) is 22.6 Å². The van der Waals surface area contributed by atoms with E-state index in [1.807, 2.05) is 49.8 Å². The Labute approximate surface area is 148 Å². The molecular weight excluding hydrogens is 318 g/mol. The minimum atomic E-state index is -0.488. The van der Waals surface area contributed by atoms with Gasteiger partial charge < -0.3 is 9.47 Å². The first-order valence-corrected chi connectivity index (χ1v) is 8.45. The van der Waals surface area contributed by atoms with E-state index in [9.17, 15) is 4.79 Å². The number of hydrogen-bond acceptors (Lipinski definition) is 4. The molecule has 6 nitrogen and oxygen atoms in total. The minimum Gasteiger partial charge on any atom is -0.497 e. The van der Waals surface area contributed by atoms with Crippen LogP contribution < -0.4 is 4.74 Å². The minimum absolute atomic E-state index is 0.0932. The molecule has 0 spiro atoms. The summed E-state index contributed by atoms with van der Waals surface area (Å²) < 4.78 is 12.7. The summed E-state index contributed by atoms with van der Waals surface area (Å²) in [7, 11) is 1.66. The van der Waals surface area contributed by atoms with Crippen LogP contribution >= 0.6 is 0 Å². The third-order valence-electron chi connectivity index (χ3n) is 4.22. The number of carbonyl (C=O) groups excluding carboxylic acids is 1. The van der Waals surface area contributed by atoms with E-state index in [-0.39, 0.29) is 12.1 Å². The zero-order valence-corrected chi connectivity index (χ0v) is 15.4. The van der Waals surface area contributed by atoms with Gasteiger partial charge in [-0.05, 0) is 45.4 Å². The summed E-state index contributed by atoms with van der Waals surface area (Å²) in [5.41, 5.74) is 2.64. The molecule has 1 aromatic carbocycles. The summed E-state index contributed by atoms with van der Waals surface area (Å²) in [5, 5.41) is 4.68. The lowest BCUT2D eigenvalue weighted by Gasteiger charge is -2.24. The average Bonchev–Trinajstić information content (AvgIpc) is 3.11. The zero-order valence-electron chi connectivity index (χ0n) is 15.4. The van der Waals surface area contributed by atoms with E-state index in [1.165, 1.54) is 0 Å². The van der Waals surface area contributed by atoms with Gasteiger partial charge in [0.15, 0.2) is 0 Å². The summed E-state index contributed by atoms with van der Waals surface area (Å²) >= 11 is 0. The second-order valence-electron chi connectivity index (χ2n) is 7.37. The number of carbonyl (C=O) groups is 1. The highest BCUT2D eigenvalue weighted by atomic mass is 16.6. The van der Waals surface area contributed by atoms with Crippen LogP contribution in [-0.4, -0.2) is 33.5 Å². The monoisotopic (exact) mass is 343 g/mol. The predicted octanol–water partition coefficient (Wildman–Crippen LogP) is 3.75. The van der Waals surface area contributed by atoms with Gasteiger partial charge in [0.1, 0.15) is 11.4 Å². The Morgan fingerprint density at radius 2 is 2.04 bits per heavy atom. The Kier molecular flexibility index (Phi) is 4.45. The Hall–Kier alpha value is -2.50. The standard InChI is InChI=1S/C19H25N3O3/c1-13(14-7-6-8-16(9-14)24-5)22-11-15-10-21(12-17(15)20-22)18(23)25-19(2,3)4/h6-9,11,13H,10,12H2,1-5H3. The first kappa shape index (κ1) is 17.3. The molecule has 1 unspecified atom stereocenters. The van der Waals surface area contributed by atoms with Crippen LogP contribution in [0.5, 0.6) is 5.75 Å². The predicted molar refractivity (Wildman–Crippen MR) is 94.5 cm³/mol. The van der Waals surface area contributed by atoms with E-state index >= 15 is 0 Å². The van der Waals surface area contributed by atoms with Crippen molar-refractivity contribution in [2.75, 3.05) is 7.11 Å². The van der Waals surface area contributed by atoms with Crippen molar-refractivity contribution in [3.63, 3.8) is 0 Å². The first-order chi connectivity index (χ1) is 11.8. The van der Waals surface area contributed by atoms with Gasteiger partial charge in [-0.15, -0.1) is 0 Å². The molecule has 25 heavy (non-hydrogen) atoms. The molecule has 0 bridgehead atoms. The molecule has 134 valence electrons. The Bertz CT molecular complexity index is 753. The van der Waals surface area contributed by atoms with Gasteiger partial charge >= 0.3 is 6.09 Å². The smallest absolute Gasteiger partial charge is 0.410 e. The Morgan fingerprint density at radius 3 is 2.68 bits per heavy atom. The molecule has 0 N–H and O–H groups in total. The molecule has 0 saturated carbocycles. The van der Waals surface area contributed by atoms with Crippen molar-refractivity contribution in [3.8, 4) is 5.75 Å². The van der Waals surface area contributed by atoms with Gasteiger partial charge in [-0.2, -0.15) is 5.10 Å². The molecule has 1 aromatic heterocycles. The maximum Gasteiger partial charge on any atom is 0.410 e. The Morgan fingerprint density at radius 1 is 1.28 bits per heavy atom. The number of hydrogen-bond donors (Lipinski definition) is 0. The average molecular weight is 343 g/mol. The summed E-state index contributed by atoms with van der Waals surface area (Å²) in [5.74, 6) is 0.833. The van der Waals surface area contributed by atoms with Gasteiger partial charge in [0.05, 0.1) is 31.9 Å². The molecule has 2 heterocycles. The molecule has 3 rings (SSSR count). The number of benzene rings is 1. The van der Waals surface area contributed by atoms with Gasteiger partial charge in [-0.1, -0.05) is 12.1 Å². The van der Waals surface area contributed by atoms with Crippen molar-refractivity contribution in [1.29, 1.82) is 0 Å². The fourth-order valence-corrected chi connectivity index (χ4v) is 2.88. The van der Waals surface area contributed by atoms with Crippen LogP contribution in [0.3, 0.4) is 0 Å². The molecule has 1 amide bonds. The Balaban J connectivity index is 1.71. The quantitative estimate of drug-likeness (QED) is 0.852. The van der Waals surface area contributed by atoms with Crippen LogP contribution in [0.1, 0.15) is 50.6 Å². The number of aromatic nitrogens is 2. The summed E-state index contributed by atoms with van der Waals surface area (Å²) in [4.78, 5) is 13.9. The molecule has 0 fully saturated rings. The zero-order chi connectivity index (χ0) is 18.2. The number of rotatable bonds is 3. The lowest BCUT2D eigenvalue weighted by Crippen LogP contribution is -2.33. The van der Waals surface area contributed by atoms with Gasteiger partial charge in [0.25, 0.3) is 0 Å². The molecule has 0 saturated heterocycles. The number of methoxy groups -OCH3 is 1. The lowest BCUT2D eigenvalue weighted by molar-refractivity contribution is 0.0239. The van der Waals surface area contributed by atoms with Crippen LogP contribution in [0, 0.1) is 0 Å². The fourth-order valence-electron chi connectivity index (χ4n) is 2.88. The topological polar surface area (TPSA) is 56.6 Å². The summed E-state index contributed by atoms with van der Waals surface area (Å²) in [6.45, 7) is 8.74. The third kappa shape index (κ3) is 3.78. The van der Waals surface area contributed by atoms with E-state index < -0.39 is 5.60 Å². The second-order valence-corrected chi connectivity index (χ2v) is 7.37. The van der Waals surface area contributed by atoms with Crippen LogP contribution in [0.4, 0.5) is 4.79 Å². The number of fused-ring (bicyclic) bond motifs is 1. The van der Waals surface area contributed by atoms with Crippen molar-refractivity contribution < 1.29 is 14.3 Å². The highest BCUT2D eigenvalue weighted by molar-refractivity contribution is 5.69. The number of nitrogens with zero attached hydrogens (tertiary/aromatic N) is 3. The largest absolute Gasteiger partial charge is 0.497 e. The SMILES string of the molecule is COc1cccc(C(C)n2cc3c(n2)CN(C(=O)OC(C)(C)C)C3)c1. The summed E-state index contributed by atoms with van der Waals surface area (Å²) in [6, 6.07) is 8.08. The van der Waals surface area contributed by atoms with Crippen LogP contribution in [0.25, 0.3) is 0 Å². The van der Waals surface area contributed by atoms with E-state index in [2.05, 4.69) is 18.1 Å². The number of ether oxygens (including phenoxy) is 2. The molecule has 2 aromatic rings. The highest BCUT2D eigenvalue weighted by Gasteiger charge is 2.30. The molecule has 1 aliphatic heterocycles. The van der Waals surface area contributed by atoms with Gasteiger partial charge in [-0.3, -0.25) is 9.58 Å². The van der Waals surface area contributed by atoms with Crippen LogP contribution in [0.2, 0.25) is 0 Å². The van der Waals surface area contributed by atoms with Crippen LogP contribution in [0.15, 0.2) is 30.5 Å². The third-order valence-corrected chi connectivity index (χ3v) is 4.22. The molecule has 0 radical (unpaired) electrons. The van der Waals surface area contributed by atoms with Crippen molar-refractivity contribution in [3.05, 3.63) is 47.3 Å². The normalized spacial score (nSPS) is 15.0. The molecule has 1 aliphatic rings. The van der Waals surface area contributed by atoms with Gasteiger partial charge in [-0.25, -0.2) is 4.79 Å². The van der Waals surface area contributed by atoms with Gasteiger partial charge in [0.2, 0.25) is 0 Å². The lowest BCUT2D eigenvalue weighted by atomic mass is 10.1. The van der Waals surface area contributed by atoms with Gasteiger partial charge in [0, 0.05) is 11.8 Å². The van der Waals surface area contributed by atoms with Crippen molar-refractivity contribution in [2.24, 2.45) is 0 Å². The highest BCUT2D eigenvalue weighted by Crippen LogP contribution is 2.27. The fraction of sp³-hybridized carbons (Fsp3) is 0.474.